The van der Waals surface area contributed by atoms with E-state index < -0.39 is 0 Å². The van der Waals surface area contributed by atoms with Crippen molar-refractivity contribution in [2.24, 2.45) is 0 Å². The maximum Gasteiger partial charge on any atom is 0.232 e. The molecule has 3 aromatic rings. The number of para-hydroxylation sites is 2. The van der Waals surface area contributed by atoms with Gasteiger partial charge in [0.1, 0.15) is 17.1 Å². The van der Waals surface area contributed by atoms with E-state index in [1.54, 1.807) is 18.2 Å². The summed E-state index contributed by atoms with van der Waals surface area (Å²) in [7, 11) is 0. The molecule has 0 saturated carbocycles. The van der Waals surface area contributed by atoms with Crippen LogP contribution < -0.4 is 4.74 Å². The first kappa shape index (κ1) is 11.1. The van der Waals surface area contributed by atoms with Crippen LogP contribution in [0.15, 0.2) is 64.8 Å². The Labute approximate surface area is 115 Å². The minimum Gasteiger partial charge on any atom is -0.457 e. The van der Waals surface area contributed by atoms with E-state index in [1.807, 2.05) is 42.5 Å². The zero-order chi connectivity index (χ0) is 13.5. The van der Waals surface area contributed by atoms with E-state index in [0.29, 0.717) is 22.8 Å². The molecule has 2 aromatic carbocycles. The topological polar surface area (TPSA) is 39.4 Å². The summed E-state index contributed by atoms with van der Waals surface area (Å²) in [5, 5.41) is 1.00. The number of carbonyl (C=O) groups excluding carboxylic acids is 1. The monoisotopic (exact) mass is 262 g/mol. The standard InChI is InChI=1S/C17H10O3/c18-17-13-6-2-4-8-15(13)20-16(17)10-12-9-11-5-1-3-7-14(11)19-12/h1-10H/b16-10-. The molecular weight excluding hydrogens is 252 g/mol. The Morgan fingerprint density at radius 1 is 0.950 bits per heavy atom. The molecule has 1 aromatic heterocycles. The average molecular weight is 262 g/mol. The maximum absolute atomic E-state index is 12.2. The highest BCUT2D eigenvalue weighted by molar-refractivity contribution is 6.14. The molecule has 1 aliphatic heterocycles. The van der Waals surface area contributed by atoms with Crippen LogP contribution in [0.25, 0.3) is 17.0 Å². The van der Waals surface area contributed by atoms with E-state index >= 15 is 0 Å². The number of fused-ring (bicyclic) bond motifs is 2. The number of carbonyl (C=O) groups is 1. The first-order valence-corrected chi connectivity index (χ1v) is 6.33. The largest absolute Gasteiger partial charge is 0.457 e. The third-order valence-corrected chi connectivity index (χ3v) is 3.29. The Balaban J connectivity index is 1.77. The molecule has 0 spiro atoms. The van der Waals surface area contributed by atoms with E-state index in [1.165, 1.54) is 0 Å². The fraction of sp³-hybridized carbons (Fsp3) is 0. The van der Waals surface area contributed by atoms with Gasteiger partial charge in [0.2, 0.25) is 5.78 Å². The number of hydrogen-bond donors (Lipinski definition) is 0. The Hall–Kier alpha value is -2.81. The maximum atomic E-state index is 12.2. The second-order valence-electron chi connectivity index (χ2n) is 4.62. The lowest BCUT2D eigenvalue weighted by Crippen LogP contribution is -1.97. The molecule has 4 rings (SSSR count). The van der Waals surface area contributed by atoms with Gasteiger partial charge in [-0.25, -0.2) is 0 Å². The fourth-order valence-electron chi connectivity index (χ4n) is 2.34. The fourth-order valence-corrected chi connectivity index (χ4v) is 2.34. The van der Waals surface area contributed by atoms with Crippen LogP contribution >= 0.6 is 0 Å². The molecule has 0 atom stereocenters. The van der Waals surface area contributed by atoms with Crippen molar-refractivity contribution in [2.75, 3.05) is 0 Å². The minimum atomic E-state index is -0.110. The molecular formula is C17H10O3. The summed E-state index contributed by atoms with van der Waals surface area (Å²) in [5.41, 5.74) is 1.39. The average Bonchev–Trinajstić information content (AvgIpc) is 3.01. The molecule has 0 aliphatic carbocycles. The van der Waals surface area contributed by atoms with E-state index in [-0.39, 0.29) is 5.78 Å². The quantitative estimate of drug-likeness (QED) is 0.621. The van der Waals surface area contributed by atoms with Gasteiger partial charge in [0.15, 0.2) is 5.76 Å². The van der Waals surface area contributed by atoms with Crippen molar-refractivity contribution in [2.45, 2.75) is 0 Å². The Kier molecular flexibility index (Phi) is 2.27. The van der Waals surface area contributed by atoms with E-state index in [4.69, 9.17) is 9.15 Å². The lowest BCUT2D eigenvalue weighted by atomic mass is 10.1. The number of allylic oxidation sites excluding steroid dienone is 1. The molecule has 3 nitrogen and oxygen atoms in total. The number of ketones is 1. The highest BCUT2D eigenvalue weighted by atomic mass is 16.5. The van der Waals surface area contributed by atoms with Crippen LogP contribution in [0.3, 0.4) is 0 Å². The Bertz CT molecular complexity index is 822. The molecule has 20 heavy (non-hydrogen) atoms. The van der Waals surface area contributed by atoms with Crippen molar-refractivity contribution in [1.82, 2.24) is 0 Å². The van der Waals surface area contributed by atoms with Crippen molar-refractivity contribution in [3.63, 3.8) is 0 Å². The Morgan fingerprint density at radius 2 is 1.75 bits per heavy atom. The predicted molar refractivity (Wildman–Crippen MR) is 75.6 cm³/mol. The normalized spacial score (nSPS) is 15.6. The van der Waals surface area contributed by atoms with Crippen LogP contribution in [0.4, 0.5) is 0 Å². The molecule has 96 valence electrons. The summed E-state index contributed by atoms with van der Waals surface area (Å²) in [5.74, 6) is 1.40. The van der Waals surface area contributed by atoms with Gasteiger partial charge < -0.3 is 9.15 Å². The Morgan fingerprint density at radius 3 is 2.60 bits per heavy atom. The van der Waals surface area contributed by atoms with Gasteiger partial charge >= 0.3 is 0 Å². The van der Waals surface area contributed by atoms with Gasteiger partial charge in [0, 0.05) is 11.5 Å². The molecule has 0 bridgehead atoms. The molecule has 0 amide bonds. The summed E-state index contributed by atoms with van der Waals surface area (Å²) in [6.07, 6.45) is 1.64. The third kappa shape index (κ3) is 1.64. The van der Waals surface area contributed by atoms with E-state index in [0.717, 1.165) is 11.0 Å². The van der Waals surface area contributed by atoms with Gasteiger partial charge in [-0.3, -0.25) is 4.79 Å². The molecule has 0 fully saturated rings. The number of benzene rings is 2. The predicted octanol–water partition coefficient (Wildman–Crippen LogP) is 4.05. The van der Waals surface area contributed by atoms with Crippen LogP contribution in [-0.4, -0.2) is 5.78 Å². The van der Waals surface area contributed by atoms with Crippen LogP contribution in [0, 0.1) is 0 Å². The minimum absolute atomic E-state index is 0.110. The highest BCUT2D eigenvalue weighted by Crippen LogP contribution is 2.32. The molecule has 0 radical (unpaired) electrons. The van der Waals surface area contributed by atoms with Gasteiger partial charge in [-0.2, -0.15) is 0 Å². The molecule has 0 unspecified atom stereocenters. The van der Waals surface area contributed by atoms with Crippen LogP contribution in [0.5, 0.6) is 5.75 Å². The second kappa shape index (κ2) is 4.10. The van der Waals surface area contributed by atoms with Crippen molar-refractivity contribution >= 4 is 22.8 Å². The third-order valence-electron chi connectivity index (χ3n) is 3.29. The van der Waals surface area contributed by atoms with Gasteiger partial charge in [-0.05, 0) is 24.3 Å². The summed E-state index contributed by atoms with van der Waals surface area (Å²) < 4.78 is 11.2. The smallest absolute Gasteiger partial charge is 0.232 e. The summed E-state index contributed by atoms with van der Waals surface area (Å²) in [6.45, 7) is 0. The van der Waals surface area contributed by atoms with Gasteiger partial charge in [0.25, 0.3) is 0 Å². The lowest BCUT2D eigenvalue weighted by Gasteiger charge is -1.95. The van der Waals surface area contributed by atoms with Crippen LogP contribution in [-0.2, 0) is 0 Å². The number of Topliss-reactive ketones (excluding diaryl/α,β-unsaturated/α-hetero) is 1. The first-order valence-electron chi connectivity index (χ1n) is 6.33. The first-order chi connectivity index (χ1) is 9.81. The molecule has 2 heterocycles. The number of rotatable bonds is 1. The van der Waals surface area contributed by atoms with Crippen molar-refractivity contribution in [1.29, 1.82) is 0 Å². The van der Waals surface area contributed by atoms with Gasteiger partial charge in [0.05, 0.1) is 5.56 Å². The van der Waals surface area contributed by atoms with Crippen molar-refractivity contribution in [3.8, 4) is 5.75 Å². The SMILES string of the molecule is O=C1/C(=C/c2cc3ccccc3o2)Oc2ccccc21. The van der Waals surface area contributed by atoms with E-state index in [9.17, 15) is 4.79 Å². The van der Waals surface area contributed by atoms with Crippen LogP contribution in [0.2, 0.25) is 0 Å². The number of hydrogen-bond acceptors (Lipinski definition) is 3. The van der Waals surface area contributed by atoms with Crippen molar-refractivity contribution in [3.05, 3.63) is 71.7 Å². The van der Waals surface area contributed by atoms with Gasteiger partial charge in [-0.15, -0.1) is 0 Å². The highest BCUT2D eigenvalue weighted by Gasteiger charge is 2.26. The number of ether oxygens (including phenoxy) is 1. The number of furan rings is 1. The van der Waals surface area contributed by atoms with E-state index in [2.05, 4.69) is 0 Å². The van der Waals surface area contributed by atoms with Gasteiger partial charge in [-0.1, -0.05) is 30.3 Å². The second-order valence-corrected chi connectivity index (χ2v) is 4.62. The summed E-state index contributed by atoms with van der Waals surface area (Å²) in [6, 6.07) is 16.8. The molecule has 1 aliphatic rings. The molecule has 0 saturated heterocycles. The molecule has 3 heteroatoms. The van der Waals surface area contributed by atoms with Crippen molar-refractivity contribution < 1.29 is 13.9 Å². The summed E-state index contributed by atoms with van der Waals surface area (Å²) >= 11 is 0. The van der Waals surface area contributed by atoms with Crippen LogP contribution in [0.1, 0.15) is 16.1 Å². The zero-order valence-electron chi connectivity index (χ0n) is 10.5. The molecule has 0 N–H and O–H groups in total. The summed E-state index contributed by atoms with van der Waals surface area (Å²) in [4.78, 5) is 12.2. The zero-order valence-corrected chi connectivity index (χ0v) is 10.5. The lowest BCUT2D eigenvalue weighted by molar-refractivity contribution is 0.101.